The van der Waals surface area contributed by atoms with Gasteiger partial charge >= 0.3 is 17.7 Å². The second-order valence-corrected chi connectivity index (χ2v) is 8.48. The maximum Gasteiger partial charge on any atom is 0.411 e. The van der Waals surface area contributed by atoms with Crippen molar-refractivity contribution < 1.29 is 23.6 Å². The summed E-state index contributed by atoms with van der Waals surface area (Å²) < 4.78 is 5.41. The first-order chi connectivity index (χ1) is 15.1. The zero-order chi connectivity index (χ0) is 21.7. The number of amides is 3. The maximum absolute atomic E-state index is 13.5. The minimum Gasteiger partial charge on any atom is -0.457 e. The molecule has 0 atom stereocenters. The summed E-state index contributed by atoms with van der Waals surface area (Å²) in [6, 6.07) is 16.2. The summed E-state index contributed by atoms with van der Waals surface area (Å²) >= 11 is 0. The Kier molecular flexibility index (Phi) is 6.47. The Morgan fingerprint density at radius 2 is 1.48 bits per heavy atom. The lowest BCUT2D eigenvalue weighted by Crippen LogP contribution is -2.60. The summed E-state index contributed by atoms with van der Waals surface area (Å²) in [4.78, 5) is 39.6. The molecule has 3 amide bonds. The third-order valence-corrected chi connectivity index (χ3v) is 6.30. The standard InChI is InChI=1S/C25H28N2O4/c28-23(26-20-11-3-1-4-12-20)25(30)27(16-7-8-17-27)24(29)19-10-9-15-22(18-19)31-21-13-5-2-6-14-21/h2,5-6,9-10,13-15,18,20H,1,3-4,7-8,11-12,16-17H2/p+1. The molecule has 4 rings (SSSR count). The van der Waals surface area contributed by atoms with Gasteiger partial charge < -0.3 is 10.1 Å². The van der Waals surface area contributed by atoms with E-state index in [1.54, 1.807) is 24.3 Å². The number of nitrogens with one attached hydrogen (secondary N) is 1. The number of nitrogens with zero attached hydrogens (tertiary/aromatic N) is 1. The largest absolute Gasteiger partial charge is 0.457 e. The van der Waals surface area contributed by atoms with Crippen molar-refractivity contribution in [3.05, 3.63) is 60.2 Å². The van der Waals surface area contributed by atoms with E-state index in [1.807, 2.05) is 30.3 Å². The van der Waals surface area contributed by atoms with Gasteiger partial charge in [-0.1, -0.05) is 43.5 Å². The second kappa shape index (κ2) is 9.43. The van der Waals surface area contributed by atoms with Crippen LogP contribution >= 0.6 is 0 Å². The Balaban J connectivity index is 1.53. The molecule has 1 aliphatic heterocycles. The SMILES string of the molecule is O=C(NC1CCCCC1)C(=O)[N+]1(C(=O)c2cccc(Oc3ccccc3)c2)CCCC1. The highest BCUT2D eigenvalue weighted by atomic mass is 16.5. The van der Waals surface area contributed by atoms with Crippen molar-refractivity contribution in [2.45, 2.75) is 51.0 Å². The molecule has 0 spiro atoms. The number of hydrogen-bond acceptors (Lipinski definition) is 4. The van der Waals surface area contributed by atoms with Gasteiger partial charge in [-0.2, -0.15) is 4.48 Å². The van der Waals surface area contributed by atoms with E-state index < -0.39 is 16.3 Å². The lowest BCUT2D eigenvalue weighted by atomic mass is 9.95. The molecule has 1 heterocycles. The number of ether oxygens (including phenoxy) is 1. The zero-order valence-electron chi connectivity index (χ0n) is 17.7. The smallest absolute Gasteiger partial charge is 0.411 e. The molecule has 1 N–H and O–H groups in total. The number of imide groups is 1. The highest BCUT2D eigenvalue weighted by Crippen LogP contribution is 2.28. The summed E-state index contributed by atoms with van der Waals surface area (Å²) in [6.07, 6.45) is 6.57. The third-order valence-electron chi connectivity index (χ3n) is 6.30. The number of carbonyl (C=O) groups excluding carboxylic acids is 3. The van der Waals surface area contributed by atoms with Gasteiger partial charge in [-0.25, -0.2) is 9.59 Å². The van der Waals surface area contributed by atoms with Gasteiger partial charge in [-0.15, -0.1) is 0 Å². The summed E-state index contributed by atoms with van der Waals surface area (Å²) in [5, 5.41) is 2.89. The molecule has 2 aromatic carbocycles. The van der Waals surface area contributed by atoms with Crippen molar-refractivity contribution in [1.82, 2.24) is 5.32 Å². The van der Waals surface area contributed by atoms with Crippen molar-refractivity contribution in [2.24, 2.45) is 0 Å². The van der Waals surface area contributed by atoms with Crippen LogP contribution in [0.3, 0.4) is 0 Å². The quantitative estimate of drug-likeness (QED) is 0.593. The van der Waals surface area contributed by atoms with Crippen molar-refractivity contribution in [1.29, 1.82) is 0 Å². The molecule has 31 heavy (non-hydrogen) atoms. The molecule has 1 saturated carbocycles. The number of likely N-dealkylation sites (tertiary alicyclic amines) is 1. The normalized spacial score (nSPS) is 18.3. The molecule has 6 heteroatoms. The summed E-state index contributed by atoms with van der Waals surface area (Å²) in [5.74, 6) is -0.408. The molecule has 1 saturated heterocycles. The Bertz CT molecular complexity index is 945. The van der Waals surface area contributed by atoms with Crippen molar-refractivity contribution in [3.8, 4) is 11.5 Å². The summed E-state index contributed by atoms with van der Waals surface area (Å²) in [6.45, 7) is 0.721. The molecule has 2 fully saturated rings. The number of rotatable bonds is 4. The summed E-state index contributed by atoms with van der Waals surface area (Å²) in [5.41, 5.74) is 0.383. The number of hydrogen-bond donors (Lipinski definition) is 1. The molecule has 2 aliphatic rings. The predicted octanol–water partition coefficient (Wildman–Crippen LogP) is 4.21. The van der Waals surface area contributed by atoms with E-state index in [9.17, 15) is 14.4 Å². The first-order valence-electron chi connectivity index (χ1n) is 11.2. The van der Waals surface area contributed by atoms with E-state index >= 15 is 0 Å². The molecule has 0 radical (unpaired) electrons. The van der Waals surface area contributed by atoms with Gasteiger partial charge in [0.25, 0.3) is 0 Å². The van der Waals surface area contributed by atoms with Crippen LogP contribution in [-0.2, 0) is 9.59 Å². The van der Waals surface area contributed by atoms with E-state index in [0.29, 0.717) is 30.2 Å². The van der Waals surface area contributed by atoms with E-state index in [4.69, 9.17) is 4.74 Å². The topological polar surface area (TPSA) is 72.5 Å². The Morgan fingerprint density at radius 1 is 0.806 bits per heavy atom. The molecule has 6 nitrogen and oxygen atoms in total. The fourth-order valence-electron chi connectivity index (χ4n) is 4.63. The van der Waals surface area contributed by atoms with Gasteiger partial charge in [-0.05, 0) is 43.2 Å². The summed E-state index contributed by atoms with van der Waals surface area (Å²) in [7, 11) is 0. The lowest BCUT2D eigenvalue weighted by molar-refractivity contribution is -0.754. The van der Waals surface area contributed by atoms with Gasteiger partial charge in [0, 0.05) is 18.9 Å². The second-order valence-electron chi connectivity index (χ2n) is 8.48. The van der Waals surface area contributed by atoms with Crippen LogP contribution in [-0.4, -0.2) is 41.3 Å². The van der Waals surface area contributed by atoms with Crippen LogP contribution in [0, 0.1) is 0 Å². The molecule has 2 aromatic rings. The minimum atomic E-state index is -0.637. The van der Waals surface area contributed by atoms with Crippen LogP contribution in [0.1, 0.15) is 55.3 Å². The van der Waals surface area contributed by atoms with Crippen molar-refractivity contribution >= 4 is 17.7 Å². The highest BCUT2D eigenvalue weighted by Gasteiger charge is 2.51. The number of carbonyl (C=O) groups is 3. The zero-order valence-corrected chi connectivity index (χ0v) is 17.7. The van der Waals surface area contributed by atoms with Crippen molar-refractivity contribution in [3.63, 3.8) is 0 Å². The number of quaternary nitrogens is 1. The number of para-hydroxylation sites is 1. The first kappa shape index (κ1) is 21.2. The Hall–Kier alpha value is -2.99. The van der Waals surface area contributed by atoms with Gasteiger partial charge in [0.05, 0.1) is 18.7 Å². The fraction of sp³-hybridized carbons (Fsp3) is 0.400. The van der Waals surface area contributed by atoms with Gasteiger partial charge in [0.15, 0.2) is 0 Å². The van der Waals surface area contributed by atoms with Crippen LogP contribution in [0.2, 0.25) is 0 Å². The highest BCUT2D eigenvalue weighted by molar-refractivity contribution is 6.34. The van der Waals surface area contributed by atoms with Crippen LogP contribution in [0.15, 0.2) is 54.6 Å². The van der Waals surface area contributed by atoms with E-state index in [0.717, 1.165) is 38.5 Å². The average molecular weight is 422 g/mol. The molecular formula is C25H29N2O4+. The molecule has 0 bridgehead atoms. The van der Waals surface area contributed by atoms with E-state index in [1.165, 1.54) is 6.42 Å². The van der Waals surface area contributed by atoms with Crippen LogP contribution in [0.25, 0.3) is 0 Å². The Labute approximate surface area is 182 Å². The Morgan fingerprint density at radius 3 is 2.19 bits per heavy atom. The van der Waals surface area contributed by atoms with Crippen LogP contribution in [0.5, 0.6) is 11.5 Å². The predicted molar refractivity (Wildman–Crippen MR) is 117 cm³/mol. The van der Waals surface area contributed by atoms with Gasteiger partial charge in [-0.3, -0.25) is 4.79 Å². The van der Waals surface area contributed by atoms with Gasteiger partial charge in [0.2, 0.25) is 0 Å². The third kappa shape index (κ3) is 4.69. The fourth-order valence-corrected chi connectivity index (χ4v) is 4.63. The first-order valence-corrected chi connectivity index (χ1v) is 11.2. The van der Waals surface area contributed by atoms with E-state index in [-0.39, 0.29) is 11.9 Å². The van der Waals surface area contributed by atoms with Crippen molar-refractivity contribution in [2.75, 3.05) is 13.1 Å². The maximum atomic E-state index is 13.5. The average Bonchev–Trinajstić information content (AvgIpc) is 3.31. The molecule has 162 valence electrons. The monoisotopic (exact) mass is 421 g/mol. The van der Waals surface area contributed by atoms with Crippen LogP contribution in [0.4, 0.5) is 0 Å². The van der Waals surface area contributed by atoms with Crippen LogP contribution < -0.4 is 10.1 Å². The lowest BCUT2D eigenvalue weighted by Gasteiger charge is -2.29. The molecule has 1 aliphatic carbocycles. The molecule has 0 unspecified atom stereocenters. The van der Waals surface area contributed by atoms with E-state index in [2.05, 4.69) is 5.32 Å². The molecule has 0 aromatic heterocycles. The minimum absolute atomic E-state index is 0.0329. The molecular weight excluding hydrogens is 392 g/mol. The number of benzene rings is 2. The van der Waals surface area contributed by atoms with Gasteiger partial charge in [0.1, 0.15) is 11.5 Å².